The molecular weight excluding hydrogens is 390 g/mol. The highest BCUT2D eigenvalue weighted by Crippen LogP contribution is 2.18. The van der Waals surface area contributed by atoms with Crippen molar-refractivity contribution in [3.8, 4) is 0 Å². The number of rotatable bonds is 9. The summed E-state index contributed by atoms with van der Waals surface area (Å²) in [5.41, 5.74) is 4.41. The number of amidine groups is 1. The molecule has 1 aromatic heterocycles. The highest BCUT2D eigenvalue weighted by Gasteiger charge is 2.18. The van der Waals surface area contributed by atoms with Crippen molar-refractivity contribution in [1.82, 2.24) is 14.7 Å². The highest BCUT2D eigenvalue weighted by atomic mass is 16.3. The Balaban J connectivity index is 2.40. The predicted octanol–water partition coefficient (Wildman–Crippen LogP) is 4.17. The number of nitrogens with one attached hydrogen (secondary N) is 1. The summed E-state index contributed by atoms with van der Waals surface area (Å²) < 4.78 is 1.59. The summed E-state index contributed by atoms with van der Waals surface area (Å²) in [6.45, 7) is 12.0. The first-order chi connectivity index (χ1) is 14.8. The molecule has 0 spiro atoms. The van der Waals surface area contributed by atoms with E-state index < -0.39 is 0 Å². The Hall–Kier alpha value is -3.19. The molecule has 0 unspecified atom stereocenters. The van der Waals surface area contributed by atoms with Crippen LogP contribution in [0.15, 0.2) is 48.1 Å². The van der Waals surface area contributed by atoms with Gasteiger partial charge in [0.2, 0.25) is 0 Å². The summed E-state index contributed by atoms with van der Waals surface area (Å²) >= 11 is 0. The smallest absolute Gasteiger partial charge is 0.257 e. The molecule has 0 saturated heterocycles. The highest BCUT2D eigenvalue weighted by molar-refractivity contribution is 5.98. The van der Waals surface area contributed by atoms with Gasteiger partial charge < -0.3 is 15.3 Å². The van der Waals surface area contributed by atoms with Gasteiger partial charge in [-0.25, -0.2) is 9.67 Å². The molecule has 2 aromatic rings. The van der Waals surface area contributed by atoms with Gasteiger partial charge >= 0.3 is 0 Å². The van der Waals surface area contributed by atoms with Gasteiger partial charge in [0, 0.05) is 31.9 Å². The monoisotopic (exact) mass is 423 g/mol. The summed E-state index contributed by atoms with van der Waals surface area (Å²) in [5, 5.41) is 17.0. The van der Waals surface area contributed by atoms with Gasteiger partial charge in [-0.05, 0) is 56.5 Å². The molecule has 0 fully saturated rings. The van der Waals surface area contributed by atoms with E-state index in [9.17, 15) is 4.79 Å². The number of carbonyl (C=O) groups is 1. The lowest BCUT2D eigenvalue weighted by Crippen LogP contribution is -2.29. The Morgan fingerprint density at radius 2 is 1.97 bits per heavy atom. The molecule has 1 heterocycles. The molecule has 31 heavy (non-hydrogen) atoms. The van der Waals surface area contributed by atoms with Gasteiger partial charge in [0.15, 0.2) is 5.82 Å². The number of aliphatic hydroxyl groups is 1. The number of aliphatic hydroxyl groups excluding tert-OH is 1. The Morgan fingerprint density at radius 1 is 1.29 bits per heavy atom. The summed E-state index contributed by atoms with van der Waals surface area (Å²) in [5.74, 6) is 1.17. The number of benzene rings is 1. The number of hydrogen-bond donors (Lipinski definition) is 2. The second kappa shape index (κ2) is 11.3. The maximum atomic E-state index is 12.7. The van der Waals surface area contributed by atoms with Crippen molar-refractivity contribution < 1.29 is 9.90 Å². The predicted molar refractivity (Wildman–Crippen MR) is 127 cm³/mol. The number of allylic oxidation sites excluding steroid dienone is 2. The molecule has 1 amide bonds. The molecule has 0 bridgehead atoms. The molecule has 0 radical (unpaired) electrons. The van der Waals surface area contributed by atoms with Crippen molar-refractivity contribution >= 4 is 23.3 Å². The first-order valence-electron chi connectivity index (χ1n) is 10.5. The largest absolute Gasteiger partial charge is 0.395 e. The van der Waals surface area contributed by atoms with Crippen molar-refractivity contribution in [2.75, 3.05) is 25.5 Å². The molecule has 0 saturated carbocycles. The number of hydrogen-bond acceptors (Lipinski definition) is 4. The molecule has 166 valence electrons. The van der Waals surface area contributed by atoms with E-state index in [1.54, 1.807) is 37.0 Å². The van der Waals surface area contributed by atoms with E-state index in [2.05, 4.69) is 56.0 Å². The summed E-state index contributed by atoms with van der Waals surface area (Å²) in [4.78, 5) is 18.9. The molecule has 2 N–H and O–H groups in total. The standard InChI is InChI=1S/C24H33N5O2/c1-7-9-22(25-20-14-17(3)13-18(4)15-20)26-23(10-8-2)29-16-21(19(5)27-29)24(31)28(6)11-12-30/h8,10,13-16,30H,2,7,9,11-12H2,1,3-6H3,(H,25,26)/b23-10+. The van der Waals surface area contributed by atoms with Crippen molar-refractivity contribution in [2.45, 2.75) is 40.5 Å². The van der Waals surface area contributed by atoms with Crippen LogP contribution < -0.4 is 5.32 Å². The van der Waals surface area contributed by atoms with Gasteiger partial charge in [0.25, 0.3) is 5.91 Å². The Kier molecular flexibility index (Phi) is 8.75. The van der Waals surface area contributed by atoms with Gasteiger partial charge in [0.05, 0.1) is 17.9 Å². The van der Waals surface area contributed by atoms with Crippen molar-refractivity contribution in [1.29, 1.82) is 0 Å². The zero-order chi connectivity index (χ0) is 23.0. The normalized spacial score (nSPS) is 12.1. The van der Waals surface area contributed by atoms with Gasteiger partial charge in [-0.1, -0.05) is 25.6 Å². The third-order valence-electron chi connectivity index (χ3n) is 4.66. The van der Waals surface area contributed by atoms with E-state index in [1.165, 1.54) is 16.0 Å². The van der Waals surface area contributed by atoms with Crippen LogP contribution in [0.25, 0.3) is 5.82 Å². The number of aryl methyl sites for hydroxylation is 3. The van der Waals surface area contributed by atoms with Crippen LogP contribution in [0.5, 0.6) is 0 Å². The Bertz CT molecular complexity index is 968. The van der Waals surface area contributed by atoms with Crippen LogP contribution in [0.3, 0.4) is 0 Å². The second-order valence-electron chi connectivity index (χ2n) is 7.59. The van der Waals surface area contributed by atoms with Gasteiger partial charge in [-0.15, -0.1) is 0 Å². The second-order valence-corrected chi connectivity index (χ2v) is 7.59. The third kappa shape index (κ3) is 6.65. The fourth-order valence-corrected chi connectivity index (χ4v) is 3.25. The lowest BCUT2D eigenvalue weighted by molar-refractivity contribution is 0.0766. The van der Waals surface area contributed by atoms with Crippen LogP contribution in [0.2, 0.25) is 0 Å². The minimum absolute atomic E-state index is 0.0915. The van der Waals surface area contributed by atoms with E-state index >= 15 is 0 Å². The Labute approximate surface area is 184 Å². The van der Waals surface area contributed by atoms with E-state index in [-0.39, 0.29) is 19.1 Å². The zero-order valence-electron chi connectivity index (χ0n) is 19.1. The molecule has 7 nitrogen and oxygen atoms in total. The first-order valence-corrected chi connectivity index (χ1v) is 10.5. The topological polar surface area (TPSA) is 82.8 Å². The molecule has 1 aromatic carbocycles. The summed E-state index contributed by atoms with van der Waals surface area (Å²) in [6.07, 6.45) is 6.76. The number of nitrogens with zero attached hydrogens (tertiary/aromatic N) is 4. The van der Waals surface area contributed by atoms with E-state index in [0.717, 1.165) is 24.4 Å². The van der Waals surface area contributed by atoms with Crippen molar-refractivity contribution in [3.63, 3.8) is 0 Å². The molecule has 7 heteroatoms. The summed E-state index contributed by atoms with van der Waals surface area (Å²) in [6, 6.07) is 6.30. The number of carbonyl (C=O) groups excluding carboxylic acids is 1. The van der Waals surface area contributed by atoms with Crippen LogP contribution in [-0.4, -0.2) is 51.7 Å². The maximum Gasteiger partial charge on any atom is 0.257 e. The number of anilines is 1. The lowest BCUT2D eigenvalue weighted by atomic mass is 10.1. The van der Waals surface area contributed by atoms with Crippen LogP contribution in [-0.2, 0) is 0 Å². The lowest BCUT2D eigenvalue weighted by Gasteiger charge is -2.14. The third-order valence-corrected chi connectivity index (χ3v) is 4.66. The fourth-order valence-electron chi connectivity index (χ4n) is 3.25. The van der Waals surface area contributed by atoms with Crippen LogP contribution in [0.1, 0.15) is 46.9 Å². The van der Waals surface area contributed by atoms with Gasteiger partial charge in [-0.3, -0.25) is 4.79 Å². The SMILES string of the molecule is C=C/C=C(\N=C(CCC)Nc1cc(C)cc(C)c1)n1cc(C(=O)N(C)CCO)c(C)n1. The number of likely N-dealkylation sites (N-methyl/N-ethyl adjacent to an activating group) is 1. The van der Waals surface area contributed by atoms with Crippen molar-refractivity contribution in [3.05, 3.63) is 65.5 Å². The van der Waals surface area contributed by atoms with Crippen LogP contribution in [0.4, 0.5) is 5.69 Å². The quantitative estimate of drug-likeness (QED) is 0.360. The number of amides is 1. The Morgan fingerprint density at radius 3 is 2.55 bits per heavy atom. The average molecular weight is 424 g/mol. The number of aromatic nitrogens is 2. The zero-order valence-corrected chi connectivity index (χ0v) is 19.1. The molecule has 2 rings (SSSR count). The van der Waals surface area contributed by atoms with E-state index in [4.69, 9.17) is 10.1 Å². The fraction of sp³-hybridized carbons (Fsp3) is 0.375. The minimum atomic E-state index is -0.193. The van der Waals surface area contributed by atoms with E-state index in [0.29, 0.717) is 17.1 Å². The average Bonchev–Trinajstić information content (AvgIpc) is 3.08. The van der Waals surface area contributed by atoms with Gasteiger partial charge in [0.1, 0.15) is 5.84 Å². The van der Waals surface area contributed by atoms with E-state index in [1.807, 2.05) is 0 Å². The van der Waals surface area contributed by atoms with Crippen molar-refractivity contribution in [2.24, 2.45) is 4.99 Å². The molecule has 0 aliphatic carbocycles. The van der Waals surface area contributed by atoms with Crippen LogP contribution in [0, 0.1) is 20.8 Å². The maximum absolute atomic E-state index is 12.7. The molecule has 0 aliphatic rings. The first kappa shape index (κ1) is 24.1. The summed E-state index contributed by atoms with van der Waals surface area (Å²) in [7, 11) is 1.65. The van der Waals surface area contributed by atoms with Gasteiger partial charge in [-0.2, -0.15) is 5.10 Å². The molecular formula is C24H33N5O2. The number of aliphatic imine (C=N–C) groups is 1. The molecule has 0 atom stereocenters. The minimum Gasteiger partial charge on any atom is -0.395 e. The molecule has 0 aliphatic heterocycles. The van der Waals surface area contributed by atoms with Crippen LogP contribution >= 0.6 is 0 Å².